The first-order valence-electron chi connectivity index (χ1n) is 9.65. The van der Waals surface area contributed by atoms with Crippen molar-refractivity contribution in [2.75, 3.05) is 18.7 Å². The summed E-state index contributed by atoms with van der Waals surface area (Å²) >= 11 is 0. The highest BCUT2D eigenvalue weighted by atomic mass is 32.2. The van der Waals surface area contributed by atoms with Crippen LogP contribution in [0.5, 0.6) is 5.75 Å². The quantitative estimate of drug-likeness (QED) is 0.460. The second kappa shape index (κ2) is 8.68. The molecule has 1 N–H and O–H groups in total. The Morgan fingerprint density at radius 3 is 2.53 bits per heavy atom. The van der Waals surface area contributed by atoms with Gasteiger partial charge in [-0.1, -0.05) is 24.3 Å². The number of aromatic nitrogens is 1. The lowest BCUT2D eigenvalue weighted by Gasteiger charge is -2.15. The number of para-hydroxylation sites is 1. The zero-order chi connectivity index (χ0) is 22.7. The highest BCUT2D eigenvalue weighted by Crippen LogP contribution is 2.34. The summed E-state index contributed by atoms with van der Waals surface area (Å²) in [7, 11) is -1.95. The van der Waals surface area contributed by atoms with Crippen molar-refractivity contribution < 1.29 is 22.4 Å². The van der Waals surface area contributed by atoms with Crippen LogP contribution < -0.4 is 10.1 Å². The second-order valence-corrected chi connectivity index (χ2v) is 9.07. The van der Waals surface area contributed by atoms with Crippen LogP contribution in [0.2, 0.25) is 0 Å². The Balaban J connectivity index is 1.76. The fourth-order valence-electron chi connectivity index (χ4n) is 3.34. The molecule has 1 aromatic heterocycles. The molecule has 0 saturated carbocycles. The molecule has 0 unspecified atom stereocenters. The highest BCUT2D eigenvalue weighted by Gasteiger charge is 2.19. The number of amides is 1. The van der Waals surface area contributed by atoms with Gasteiger partial charge in [-0.3, -0.25) is 4.79 Å². The Labute approximate surface area is 185 Å². The second-order valence-electron chi connectivity index (χ2n) is 7.05. The third-order valence-electron chi connectivity index (χ3n) is 4.86. The number of carbonyl (C=O) groups excluding carboxylic acids is 1. The van der Waals surface area contributed by atoms with Crippen molar-refractivity contribution in [2.24, 2.45) is 0 Å². The fourth-order valence-corrected chi connectivity index (χ4v) is 3.98. The van der Waals surface area contributed by atoms with E-state index in [2.05, 4.69) is 10.3 Å². The van der Waals surface area contributed by atoms with E-state index in [1.807, 2.05) is 6.07 Å². The number of nitrogens with zero attached hydrogens (tertiary/aromatic N) is 1. The van der Waals surface area contributed by atoms with Gasteiger partial charge in [-0.05, 0) is 48.0 Å². The third kappa shape index (κ3) is 4.40. The first-order valence-corrected chi connectivity index (χ1v) is 11.5. The predicted octanol–water partition coefficient (Wildman–Crippen LogP) is 4.67. The number of nitrogens with one attached hydrogen (secondary N) is 1. The standard InChI is InChI=1S/C24H20N2O5S/c1-30-22-9-4-3-8-19(22)21-15-18(32(2,28)29)10-11-20(21)23(27)26-17-7-5-6-16(14-17)24-25-12-13-31-24/h3-15H,1-2H3,(H,26,27). The summed E-state index contributed by atoms with van der Waals surface area (Å²) in [5.74, 6) is 0.571. The SMILES string of the molecule is COc1ccccc1-c1cc(S(C)(=O)=O)ccc1C(=O)Nc1cccc(-c2ncco2)c1. The Morgan fingerprint density at radius 2 is 1.81 bits per heavy atom. The summed E-state index contributed by atoms with van der Waals surface area (Å²) in [5, 5.41) is 2.87. The topological polar surface area (TPSA) is 98.5 Å². The minimum Gasteiger partial charge on any atom is -0.496 e. The van der Waals surface area contributed by atoms with Crippen LogP contribution in [-0.4, -0.2) is 32.7 Å². The lowest BCUT2D eigenvalue weighted by Crippen LogP contribution is -2.14. The summed E-state index contributed by atoms with van der Waals surface area (Å²) in [6.45, 7) is 0. The van der Waals surface area contributed by atoms with Crippen molar-refractivity contribution in [3.8, 4) is 28.3 Å². The van der Waals surface area contributed by atoms with Gasteiger partial charge in [0.2, 0.25) is 5.89 Å². The van der Waals surface area contributed by atoms with Gasteiger partial charge < -0.3 is 14.5 Å². The van der Waals surface area contributed by atoms with E-state index in [-0.39, 0.29) is 4.90 Å². The molecule has 0 aliphatic carbocycles. The summed E-state index contributed by atoms with van der Waals surface area (Å²) in [6.07, 6.45) is 4.15. The molecule has 1 heterocycles. The molecule has 1 amide bonds. The molecule has 0 aliphatic rings. The van der Waals surface area contributed by atoms with Crippen LogP contribution in [0.1, 0.15) is 10.4 Å². The molecular formula is C24H20N2O5S. The molecule has 3 aromatic carbocycles. The normalized spacial score (nSPS) is 11.2. The van der Waals surface area contributed by atoms with Gasteiger partial charge in [-0.15, -0.1) is 0 Å². The Kier molecular flexibility index (Phi) is 5.79. The van der Waals surface area contributed by atoms with Crippen LogP contribution in [0.4, 0.5) is 5.69 Å². The van der Waals surface area contributed by atoms with Crippen LogP contribution in [0.25, 0.3) is 22.6 Å². The molecule has 8 heteroatoms. The van der Waals surface area contributed by atoms with Crippen molar-refractivity contribution in [1.82, 2.24) is 4.98 Å². The van der Waals surface area contributed by atoms with Gasteiger partial charge in [0, 0.05) is 28.6 Å². The number of methoxy groups -OCH3 is 1. The average molecular weight is 449 g/mol. The van der Waals surface area contributed by atoms with Crippen molar-refractivity contribution in [2.45, 2.75) is 4.90 Å². The molecule has 0 bridgehead atoms. The predicted molar refractivity (Wildman–Crippen MR) is 121 cm³/mol. The first-order chi connectivity index (χ1) is 15.4. The summed E-state index contributed by atoms with van der Waals surface area (Å²) in [4.78, 5) is 17.5. The van der Waals surface area contributed by atoms with Crippen LogP contribution >= 0.6 is 0 Å². The van der Waals surface area contributed by atoms with E-state index in [1.54, 1.807) is 48.7 Å². The van der Waals surface area contributed by atoms with Crippen molar-refractivity contribution in [1.29, 1.82) is 0 Å². The van der Waals surface area contributed by atoms with Gasteiger partial charge in [0.25, 0.3) is 5.91 Å². The summed E-state index contributed by atoms with van der Waals surface area (Å²) < 4.78 is 35.0. The molecule has 4 rings (SSSR count). The monoisotopic (exact) mass is 448 g/mol. The largest absolute Gasteiger partial charge is 0.496 e. The lowest BCUT2D eigenvalue weighted by atomic mass is 9.98. The molecule has 32 heavy (non-hydrogen) atoms. The summed E-state index contributed by atoms with van der Waals surface area (Å²) in [6, 6.07) is 18.7. The zero-order valence-corrected chi connectivity index (χ0v) is 18.2. The minimum atomic E-state index is -3.47. The molecule has 0 fully saturated rings. The average Bonchev–Trinajstić information content (AvgIpc) is 3.33. The van der Waals surface area contributed by atoms with Crippen molar-refractivity contribution >= 4 is 21.4 Å². The first kappa shape index (κ1) is 21.3. The fraction of sp³-hybridized carbons (Fsp3) is 0.0833. The van der Waals surface area contributed by atoms with E-state index < -0.39 is 15.7 Å². The number of anilines is 1. The number of rotatable bonds is 6. The number of benzene rings is 3. The van der Waals surface area contributed by atoms with E-state index >= 15 is 0 Å². The molecule has 0 radical (unpaired) electrons. The highest BCUT2D eigenvalue weighted by molar-refractivity contribution is 7.90. The number of hydrogen-bond donors (Lipinski definition) is 1. The molecule has 162 valence electrons. The Morgan fingerprint density at radius 1 is 1.00 bits per heavy atom. The number of sulfone groups is 1. The van der Waals surface area contributed by atoms with E-state index in [0.717, 1.165) is 6.26 Å². The minimum absolute atomic E-state index is 0.112. The maximum Gasteiger partial charge on any atom is 0.256 e. The van der Waals surface area contributed by atoms with Gasteiger partial charge in [-0.25, -0.2) is 13.4 Å². The van der Waals surface area contributed by atoms with E-state index in [9.17, 15) is 13.2 Å². The molecule has 0 atom stereocenters. The Hall–Kier alpha value is -3.91. The van der Waals surface area contributed by atoms with Gasteiger partial charge in [0.05, 0.1) is 18.2 Å². The van der Waals surface area contributed by atoms with E-state index in [0.29, 0.717) is 39.6 Å². The molecule has 0 spiro atoms. The Bertz CT molecular complexity index is 1380. The number of hydrogen-bond acceptors (Lipinski definition) is 6. The number of carbonyl (C=O) groups is 1. The maximum absolute atomic E-state index is 13.2. The number of oxazole rings is 1. The van der Waals surface area contributed by atoms with E-state index in [1.165, 1.54) is 31.6 Å². The van der Waals surface area contributed by atoms with Crippen molar-refractivity contribution in [3.63, 3.8) is 0 Å². The zero-order valence-electron chi connectivity index (χ0n) is 17.4. The van der Waals surface area contributed by atoms with Gasteiger partial charge in [0.15, 0.2) is 9.84 Å². The molecule has 0 saturated heterocycles. The molecule has 7 nitrogen and oxygen atoms in total. The van der Waals surface area contributed by atoms with Gasteiger partial charge >= 0.3 is 0 Å². The smallest absolute Gasteiger partial charge is 0.256 e. The van der Waals surface area contributed by atoms with Crippen LogP contribution in [0.3, 0.4) is 0 Å². The maximum atomic E-state index is 13.2. The van der Waals surface area contributed by atoms with Crippen molar-refractivity contribution in [3.05, 3.63) is 84.8 Å². The van der Waals surface area contributed by atoms with Crippen LogP contribution in [-0.2, 0) is 9.84 Å². The van der Waals surface area contributed by atoms with Gasteiger partial charge in [-0.2, -0.15) is 0 Å². The molecule has 4 aromatic rings. The number of ether oxygens (including phenoxy) is 1. The lowest BCUT2D eigenvalue weighted by molar-refractivity contribution is 0.102. The summed E-state index contributed by atoms with van der Waals surface area (Å²) in [5.41, 5.74) is 2.63. The van der Waals surface area contributed by atoms with Crippen LogP contribution in [0.15, 0.2) is 88.5 Å². The third-order valence-corrected chi connectivity index (χ3v) is 5.97. The molecular weight excluding hydrogens is 428 g/mol. The van der Waals surface area contributed by atoms with Crippen LogP contribution in [0, 0.1) is 0 Å². The van der Waals surface area contributed by atoms with Gasteiger partial charge in [0.1, 0.15) is 12.0 Å². The van der Waals surface area contributed by atoms with E-state index in [4.69, 9.17) is 9.15 Å². The molecule has 0 aliphatic heterocycles.